The molecule has 5 heteroatoms. The van der Waals surface area contributed by atoms with Gasteiger partial charge in [0.2, 0.25) is 5.91 Å². The highest BCUT2D eigenvalue weighted by atomic mass is 19.1. The average molecular weight is 346 g/mol. The van der Waals surface area contributed by atoms with Gasteiger partial charge in [0.1, 0.15) is 5.82 Å². The van der Waals surface area contributed by atoms with Crippen molar-refractivity contribution in [2.24, 2.45) is 11.8 Å². The van der Waals surface area contributed by atoms with Crippen LogP contribution < -0.4 is 0 Å². The van der Waals surface area contributed by atoms with E-state index in [2.05, 4.69) is 16.7 Å². The van der Waals surface area contributed by atoms with Crippen LogP contribution in [0.1, 0.15) is 31.2 Å². The standard InChI is InChI=1S/C20H27FN2O2/c1-2-14-12-23(13-19(14)22-6-8-25-9-7-22)20(24)18-11-17(18)15-4-3-5-16(21)10-15/h3-5,10,14,17-19H,2,6-9,11-13H2,1H3. The molecule has 3 aliphatic rings. The van der Waals surface area contributed by atoms with Gasteiger partial charge in [-0.2, -0.15) is 0 Å². The number of ether oxygens (including phenoxy) is 1. The molecule has 0 spiro atoms. The molecule has 2 heterocycles. The van der Waals surface area contributed by atoms with Crippen LogP contribution in [0.4, 0.5) is 4.39 Å². The summed E-state index contributed by atoms with van der Waals surface area (Å²) in [6.45, 7) is 7.46. The maximum atomic E-state index is 13.4. The maximum Gasteiger partial charge on any atom is 0.226 e. The fourth-order valence-corrected chi connectivity index (χ4v) is 4.57. The molecule has 25 heavy (non-hydrogen) atoms. The molecule has 136 valence electrons. The van der Waals surface area contributed by atoms with E-state index in [1.165, 1.54) is 6.07 Å². The Morgan fingerprint density at radius 2 is 2.08 bits per heavy atom. The fraction of sp³-hybridized carbons (Fsp3) is 0.650. The molecule has 1 aromatic rings. The molecular formula is C20H27FN2O2. The summed E-state index contributed by atoms with van der Waals surface area (Å²) in [7, 11) is 0. The lowest BCUT2D eigenvalue weighted by Crippen LogP contribution is -2.47. The Bertz CT molecular complexity index is 632. The summed E-state index contributed by atoms with van der Waals surface area (Å²) in [5, 5.41) is 0. The van der Waals surface area contributed by atoms with Crippen LogP contribution in [0.15, 0.2) is 24.3 Å². The molecule has 1 saturated carbocycles. The van der Waals surface area contributed by atoms with Gasteiger partial charge in [0.15, 0.2) is 0 Å². The van der Waals surface area contributed by atoms with Crippen LogP contribution in [-0.4, -0.2) is 61.1 Å². The summed E-state index contributed by atoms with van der Waals surface area (Å²) in [5.74, 6) is 0.848. The Hall–Kier alpha value is -1.46. The molecule has 0 radical (unpaired) electrons. The maximum absolute atomic E-state index is 13.4. The van der Waals surface area contributed by atoms with E-state index in [4.69, 9.17) is 4.74 Å². The van der Waals surface area contributed by atoms with Crippen molar-refractivity contribution in [3.8, 4) is 0 Å². The van der Waals surface area contributed by atoms with E-state index in [-0.39, 0.29) is 23.6 Å². The van der Waals surface area contributed by atoms with Gasteiger partial charge in [-0.05, 0) is 36.0 Å². The lowest BCUT2D eigenvalue weighted by Gasteiger charge is -2.34. The van der Waals surface area contributed by atoms with Crippen LogP contribution in [0.2, 0.25) is 0 Å². The van der Waals surface area contributed by atoms with Crippen LogP contribution in [0, 0.1) is 17.7 Å². The van der Waals surface area contributed by atoms with E-state index in [1.807, 2.05) is 6.07 Å². The number of hydrogen-bond acceptors (Lipinski definition) is 3. The molecule has 3 fully saturated rings. The van der Waals surface area contributed by atoms with E-state index in [9.17, 15) is 9.18 Å². The van der Waals surface area contributed by atoms with Crippen molar-refractivity contribution >= 4 is 5.91 Å². The second kappa shape index (κ2) is 7.04. The van der Waals surface area contributed by atoms with Crippen molar-refractivity contribution in [2.75, 3.05) is 39.4 Å². The molecule has 2 aliphatic heterocycles. The van der Waals surface area contributed by atoms with Crippen LogP contribution >= 0.6 is 0 Å². The van der Waals surface area contributed by atoms with E-state index in [0.29, 0.717) is 12.0 Å². The Labute approximate surface area is 148 Å². The highest BCUT2D eigenvalue weighted by Gasteiger charge is 2.48. The SMILES string of the molecule is CCC1CN(C(=O)C2CC2c2cccc(F)c2)CC1N1CCOCC1. The molecule has 0 bridgehead atoms. The summed E-state index contributed by atoms with van der Waals surface area (Å²) in [6, 6.07) is 7.18. The molecule has 1 aromatic carbocycles. The van der Waals surface area contributed by atoms with Gasteiger partial charge < -0.3 is 9.64 Å². The quantitative estimate of drug-likeness (QED) is 0.840. The topological polar surface area (TPSA) is 32.8 Å². The Kier molecular flexibility index (Phi) is 4.78. The lowest BCUT2D eigenvalue weighted by molar-refractivity contribution is -0.132. The van der Waals surface area contributed by atoms with Gasteiger partial charge in [-0.15, -0.1) is 0 Å². The molecule has 4 unspecified atom stereocenters. The number of carbonyl (C=O) groups is 1. The first kappa shape index (κ1) is 17.0. The Balaban J connectivity index is 1.40. The van der Waals surface area contributed by atoms with Gasteiger partial charge in [-0.25, -0.2) is 4.39 Å². The van der Waals surface area contributed by atoms with Crippen molar-refractivity contribution in [3.05, 3.63) is 35.6 Å². The number of likely N-dealkylation sites (tertiary alicyclic amines) is 1. The first-order valence-corrected chi connectivity index (χ1v) is 9.53. The highest BCUT2D eigenvalue weighted by Crippen LogP contribution is 2.49. The number of nitrogens with zero attached hydrogens (tertiary/aromatic N) is 2. The van der Waals surface area contributed by atoms with E-state index < -0.39 is 0 Å². The highest BCUT2D eigenvalue weighted by molar-refractivity contribution is 5.83. The number of morpholine rings is 1. The normalized spacial score (nSPS) is 32.8. The summed E-state index contributed by atoms with van der Waals surface area (Å²) in [4.78, 5) is 17.5. The van der Waals surface area contributed by atoms with Crippen molar-refractivity contribution in [1.82, 2.24) is 9.80 Å². The molecule has 0 aromatic heterocycles. The molecule has 1 amide bonds. The van der Waals surface area contributed by atoms with Gasteiger partial charge in [-0.3, -0.25) is 9.69 Å². The predicted molar refractivity (Wildman–Crippen MR) is 93.8 cm³/mol. The van der Waals surface area contributed by atoms with Gasteiger partial charge in [0.25, 0.3) is 0 Å². The monoisotopic (exact) mass is 346 g/mol. The minimum absolute atomic E-state index is 0.0442. The third kappa shape index (κ3) is 3.44. The lowest BCUT2D eigenvalue weighted by atomic mass is 9.99. The Morgan fingerprint density at radius 1 is 1.28 bits per heavy atom. The number of hydrogen-bond donors (Lipinski definition) is 0. The molecule has 1 aliphatic carbocycles. The molecule has 0 N–H and O–H groups in total. The van der Waals surface area contributed by atoms with Gasteiger partial charge >= 0.3 is 0 Å². The zero-order valence-electron chi connectivity index (χ0n) is 14.9. The van der Waals surface area contributed by atoms with Gasteiger partial charge in [0, 0.05) is 38.1 Å². The second-order valence-electron chi connectivity index (χ2n) is 7.63. The number of rotatable bonds is 4. The van der Waals surface area contributed by atoms with E-state index in [0.717, 1.165) is 57.8 Å². The zero-order chi connectivity index (χ0) is 17.4. The number of halogens is 1. The molecule has 4 rings (SSSR count). The van der Waals surface area contributed by atoms with Crippen LogP contribution in [0.5, 0.6) is 0 Å². The summed E-state index contributed by atoms with van der Waals surface area (Å²) in [5.41, 5.74) is 0.967. The molecule has 4 atom stereocenters. The fourth-order valence-electron chi connectivity index (χ4n) is 4.57. The summed E-state index contributed by atoms with van der Waals surface area (Å²) < 4.78 is 18.9. The average Bonchev–Trinajstić information content (AvgIpc) is 3.33. The van der Waals surface area contributed by atoms with Crippen molar-refractivity contribution in [2.45, 2.75) is 31.7 Å². The smallest absolute Gasteiger partial charge is 0.226 e. The molecular weight excluding hydrogens is 319 g/mol. The summed E-state index contributed by atoms with van der Waals surface area (Å²) >= 11 is 0. The van der Waals surface area contributed by atoms with Crippen LogP contribution in [0.25, 0.3) is 0 Å². The number of carbonyl (C=O) groups excluding carboxylic acids is 1. The van der Waals surface area contributed by atoms with Crippen molar-refractivity contribution < 1.29 is 13.9 Å². The minimum atomic E-state index is -0.213. The molecule has 4 nitrogen and oxygen atoms in total. The summed E-state index contributed by atoms with van der Waals surface area (Å²) in [6.07, 6.45) is 1.96. The molecule has 2 saturated heterocycles. The Morgan fingerprint density at radius 3 is 2.80 bits per heavy atom. The zero-order valence-corrected chi connectivity index (χ0v) is 14.9. The first-order valence-electron chi connectivity index (χ1n) is 9.53. The van der Waals surface area contributed by atoms with E-state index >= 15 is 0 Å². The second-order valence-corrected chi connectivity index (χ2v) is 7.63. The number of benzene rings is 1. The van der Waals surface area contributed by atoms with Gasteiger partial charge in [-0.1, -0.05) is 25.5 Å². The van der Waals surface area contributed by atoms with E-state index in [1.54, 1.807) is 12.1 Å². The largest absolute Gasteiger partial charge is 0.379 e. The van der Waals surface area contributed by atoms with Gasteiger partial charge in [0.05, 0.1) is 13.2 Å². The van der Waals surface area contributed by atoms with Crippen molar-refractivity contribution in [3.63, 3.8) is 0 Å². The predicted octanol–water partition coefficient (Wildman–Crippen LogP) is 2.50. The third-order valence-electron chi connectivity index (χ3n) is 6.14. The first-order chi connectivity index (χ1) is 12.2. The van der Waals surface area contributed by atoms with Crippen LogP contribution in [-0.2, 0) is 9.53 Å². The minimum Gasteiger partial charge on any atom is -0.379 e. The third-order valence-corrected chi connectivity index (χ3v) is 6.14. The van der Waals surface area contributed by atoms with Crippen molar-refractivity contribution in [1.29, 1.82) is 0 Å². The number of amides is 1. The van der Waals surface area contributed by atoms with Crippen LogP contribution in [0.3, 0.4) is 0 Å².